The summed E-state index contributed by atoms with van der Waals surface area (Å²) in [5, 5.41) is 48.7. The maximum absolute atomic E-state index is 12.5. The Bertz CT molecular complexity index is 1350. The van der Waals surface area contributed by atoms with E-state index < -0.39 is 61.1 Å². The van der Waals surface area contributed by atoms with Gasteiger partial charge in [-0.25, -0.2) is 14.4 Å². The molecule has 0 aromatic heterocycles. The van der Waals surface area contributed by atoms with Gasteiger partial charge in [-0.3, -0.25) is 0 Å². The third-order valence-electron chi connectivity index (χ3n) is 6.20. The third kappa shape index (κ3) is 6.17. The number of aromatic hydroxyl groups is 4. The lowest BCUT2D eigenvalue weighted by Crippen LogP contribution is -2.55. The molecule has 5 atom stereocenters. The van der Waals surface area contributed by atoms with Gasteiger partial charge in [0, 0.05) is 12.2 Å². The number of aliphatic hydroxyl groups is 1. The van der Waals surface area contributed by atoms with Crippen LogP contribution in [0.1, 0.15) is 17.5 Å². The van der Waals surface area contributed by atoms with E-state index in [1.807, 2.05) is 0 Å². The van der Waals surface area contributed by atoms with Crippen LogP contribution in [0.3, 0.4) is 0 Å². The van der Waals surface area contributed by atoms with E-state index in [2.05, 4.69) is 0 Å². The van der Waals surface area contributed by atoms with E-state index >= 15 is 0 Å². The minimum absolute atomic E-state index is 0.319. The first-order valence-electron chi connectivity index (χ1n) is 11.9. The molecule has 40 heavy (non-hydrogen) atoms. The second-order valence-corrected chi connectivity index (χ2v) is 8.95. The SMILES string of the molecule is COC(=O)[C@]12C[C@@H](OC(=O)/C=C/c3ccc(O)c(O)c3)[C@@H](O)[C@H](O1)C(COC(=O)/C=C/c1ccc(O)c(O)c1)O2. The van der Waals surface area contributed by atoms with Gasteiger partial charge in [0.1, 0.15) is 31.0 Å². The van der Waals surface area contributed by atoms with Gasteiger partial charge in [-0.2, -0.15) is 0 Å². The molecule has 2 aromatic carbocycles. The van der Waals surface area contributed by atoms with Crippen LogP contribution in [0.25, 0.3) is 12.2 Å². The summed E-state index contributed by atoms with van der Waals surface area (Å²) in [6, 6.07) is 7.83. The Morgan fingerprint density at radius 1 is 0.900 bits per heavy atom. The molecule has 2 aliphatic rings. The molecule has 4 rings (SSSR count). The van der Waals surface area contributed by atoms with Gasteiger partial charge in [0.25, 0.3) is 5.79 Å². The van der Waals surface area contributed by atoms with Crippen molar-refractivity contribution in [3.8, 4) is 23.0 Å². The van der Waals surface area contributed by atoms with Crippen molar-refractivity contribution in [3.63, 3.8) is 0 Å². The lowest BCUT2D eigenvalue weighted by Gasteiger charge is -2.36. The molecule has 13 nitrogen and oxygen atoms in total. The summed E-state index contributed by atoms with van der Waals surface area (Å²) in [5.41, 5.74) is 0.789. The van der Waals surface area contributed by atoms with Crippen molar-refractivity contribution in [2.75, 3.05) is 13.7 Å². The van der Waals surface area contributed by atoms with Crippen LogP contribution in [-0.2, 0) is 38.1 Å². The van der Waals surface area contributed by atoms with E-state index in [0.717, 1.165) is 19.3 Å². The van der Waals surface area contributed by atoms with Gasteiger partial charge < -0.3 is 49.2 Å². The number of fused-ring (bicyclic) bond motifs is 2. The summed E-state index contributed by atoms with van der Waals surface area (Å²) in [6.45, 7) is -0.435. The van der Waals surface area contributed by atoms with Crippen molar-refractivity contribution in [3.05, 3.63) is 59.7 Å². The molecule has 0 aliphatic carbocycles. The largest absolute Gasteiger partial charge is 0.504 e. The molecule has 13 heteroatoms. The van der Waals surface area contributed by atoms with Crippen LogP contribution < -0.4 is 0 Å². The molecule has 212 valence electrons. The van der Waals surface area contributed by atoms with Gasteiger partial charge in [-0.05, 0) is 47.5 Å². The first-order chi connectivity index (χ1) is 19.0. The maximum Gasteiger partial charge on any atom is 0.366 e. The minimum Gasteiger partial charge on any atom is -0.504 e. The molecule has 2 aliphatic heterocycles. The zero-order valence-electron chi connectivity index (χ0n) is 21.0. The van der Waals surface area contributed by atoms with Crippen LogP contribution in [0.2, 0.25) is 0 Å². The standard InChI is InChI=1S/C27H26O13/c1-36-26(35)27-12-20(38-23(33)9-5-15-3-7-17(29)19(31)11-15)24(34)25(40-27)21(39-27)13-37-22(32)8-4-14-2-6-16(28)18(30)10-14/h2-11,20-21,24-25,28-31,34H,12-13H2,1H3/b8-4+,9-5+/t20-,21?,24-,25-,27+/m1/s1. The third-order valence-corrected chi connectivity index (χ3v) is 6.20. The number of hydrogen-bond donors (Lipinski definition) is 5. The van der Waals surface area contributed by atoms with Crippen LogP contribution in [0, 0.1) is 0 Å². The monoisotopic (exact) mass is 558 g/mol. The average molecular weight is 558 g/mol. The van der Waals surface area contributed by atoms with Crippen LogP contribution >= 0.6 is 0 Å². The number of esters is 3. The number of methoxy groups -OCH3 is 1. The summed E-state index contributed by atoms with van der Waals surface area (Å²) in [7, 11) is 1.10. The quantitative estimate of drug-likeness (QED) is 0.134. The molecule has 1 unspecified atom stereocenters. The van der Waals surface area contributed by atoms with Crippen molar-refractivity contribution < 1.29 is 63.6 Å². The van der Waals surface area contributed by atoms with E-state index in [4.69, 9.17) is 23.7 Å². The average Bonchev–Trinajstić information content (AvgIpc) is 3.26. The molecule has 2 bridgehead atoms. The van der Waals surface area contributed by atoms with Gasteiger partial charge in [-0.1, -0.05) is 12.1 Å². The number of hydrogen-bond acceptors (Lipinski definition) is 13. The van der Waals surface area contributed by atoms with Crippen molar-refractivity contribution >= 4 is 30.1 Å². The van der Waals surface area contributed by atoms with Crippen LogP contribution in [-0.4, -0.2) is 87.4 Å². The molecule has 2 aromatic rings. The van der Waals surface area contributed by atoms with E-state index in [-0.39, 0.29) is 23.0 Å². The maximum atomic E-state index is 12.5. The van der Waals surface area contributed by atoms with Crippen LogP contribution in [0.5, 0.6) is 23.0 Å². The Morgan fingerprint density at radius 3 is 2.02 bits per heavy atom. The Hall–Kier alpha value is -4.59. The topological polar surface area (TPSA) is 199 Å². The highest BCUT2D eigenvalue weighted by Gasteiger charge is 2.63. The van der Waals surface area contributed by atoms with Gasteiger partial charge in [-0.15, -0.1) is 0 Å². The summed E-state index contributed by atoms with van der Waals surface area (Å²) in [6.07, 6.45) is -0.751. The first-order valence-corrected chi connectivity index (χ1v) is 11.9. The zero-order chi connectivity index (χ0) is 29.0. The number of carbonyl (C=O) groups is 3. The van der Waals surface area contributed by atoms with Gasteiger partial charge in [0.05, 0.1) is 13.5 Å². The molecular weight excluding hydrogens is 532 g/mol. The summed E-state index contributed by atoms with van der Waals surface area (Å²) in [5.74, 6) is -6.06. The zero-order valence-corrected chi connectivity index (χ0v) is 21.0. The van der Waals surface area contributed by atoms with E-state index in [0.29, 0.717) is 11.1 Å². The first kappa shape index (κ1) is 28.4. The number of ether oxygens (including phenoxy) is 5. The highest BCUT2D eigenvalue weighted by atomic mass is 16.8. The van der Waals surface area contributed by atoms with Crippen LogP contribution in [0.15, 0.2) is 48.6 Å². The molecule has 2 heterocycles. The lowest BCUT2D eigenvalue weighted by atomic mass is 9.95. The second-order valence-electron chi connectivity index (χ2n) is 8.95. The number of aliphatic hydroxyl groups excluding tert-OH is 1. The summed E-state index contributed by atoms with van der Waals surface area (Å²) >= 11 is 0. The molecule has 0 amide bonds. The molecular formula is C27H26O13. The number of carbonyl (C=O) groups excluding carboxylic acids is 3. The second kappa shape index (κ2) is 11.7. The van der Waals surface area contributed by atoms with E-state index in [1.54, 1.807) is 0 Å². The number of benzene rings is 2. The van der Waals surface area contributed by atoms with Gasteiger partial charge in [0.15, 0.2) is 23.0 Å². The van der Waals surface area contributed by atoms with Crippen LogP contribution in [0.4, 0.5) is 0 Å². The van der Waals surface area contributed by atoms with Gasteiger partial charge >= 0.3 is 17.9 Å². The lowest BCUT2D eigenvalue weighted by molar-refractivity contribution is -0.249. The van der Waals surface area contributed by atoms with Crippen molar-refractivity contribution in [2.45, 2.75) is 36.6 Å². The van der Waals surface area contributed by atoms with Crippen molar-refractivity contribution in [1.29, 1.82) is 0 Å². The smallest absolute Gasteiger partial charge is 0.366 e. The Balaban J connectivity index is 1.41. The predicted molar refractivity (Wildman–Crippen MR) is 134 cm³/mol. The number of rotatable bonds is 8. The Morgan fingerprint density at radius 2 is 1.48 bits per heavy atom. The van der Waals surface area contributed by atoms with Crippen molar-refractivity contribution in [1.82, 2.24) is 0 Å². The highest BCUT2D eigenvalue weighted by molar-refractivity contribution is 5.88. The highest BCUT2D eigenvalue weighted by Crippen LogP contribution is 2.42. The number of phenolic OH excluding ortho intramolecular Hbond substituents is 4. The van der Waals surface area contributed by atoms with E-state index in [9.17, 15) is 39.9 Å². The number of phenols is 4. The molecule has 2 fully saturated rings. The Labute approximate surface area is 227 Å². The fourth-order valence-corrected chi connectivity index (χ4v) is 4.21. The normalized spacial score (nSPS) is 25.6. The molecule has 0 radical (unpaired) electrons. The fraction of sp³-hybridized carbons (Fsp3) is 0.296. The minimum atomic E-state index is -2.02. The van der Waals surface area contributed by atoms with E-state index in [1.165, 1.54) is 48.6 Å². The molecule has 0 saturated carbocycles. The molecule has 2 saturated heterocycles. The Kier molecular flexibility index (Phi) is 8.28. The van der Waals surface area contributed by atoms with Gasteiger partial charge in [0.2, 0.25) is 0 Å². The summed E-state index contributed by atoms with van der Waals surface area (Å²) < 4.78 is 26.7. The fourth-order valence-electron chi connectivity index (χ4n) is 4.21. The predicted octanol–water partition coefficient (Wildman–Crippen LogP) is 1.11. The van der Waals surface area contributed by atoms with Crippen molar-refractivity contribution in [2.24, 2.45) is 0 Å². The molecule has 5 N–H and O–H groups in total. The summed E-state index contributed by atoms with van der Waals surface area (Å²) in [4.78, 5) is 37.2. The molecule has 0 spiro atoms.